The summed E-state index contributed by atoms with van der Waals surface area (Å²) in [5.41, 5.74) is -1.49. The number of aromatic nitrogens is 2. The quantitative estimate of drug-likeness (QED) is 0.556. The van der Waals surface area contributed by atoms with Crippen molar-refractivity contribution < 1.29 is 29.3 Å². The fourth-order valence-corrected chi connectivity index (χ4v) is 4.02. The summed E-state index contributed by atoms with van der Waals surface area (Å²) in [5.74, 6) is -2.45. The summed E-state index contributed by atoms with van der Waals surface area (Å²) in [6.07, 6.45) is 0.423. The van der Waals surface area contributed by atoms with Crippen molar-refractivity contribution in [1.29, 1.82) is 0 Å². The number of carboxylic acid groups (broad SMARTS) is 2. The van der Waals surface area contributed by atoms with Crippen LogP contribution in [-0.4, -0.2) is 62.1 Å². The predicted molar refractivity (Wildman–Crippen MR) is 96.7 cm³/mol. The highest BCUT2D eigenvalue weighted by Crippen LogP contribution is 2.38. The Morgan fingerprint density at radius 1 is 1.38 bits per heavy atom. The van der Waals surface area contributed by atoms with Gasteiger partial charge < -0.3 is 14.9 Å². The predicted octanol–water partition coefficient (Wildman–Crippen LogP) is 2.57. The molecule has 1 fully saturated rings. The highest BCUT2D eigenvalue weighted by atomic mass is 79.9. The van der Waals surface area contributed by atoms with Crippen LogP contribution in [0.3, 0.4) is 0 Å². The highest BCUT2D eigenvalue weighted by Gasteiger charge is 2.54. The van der Waals surface area contributed by atoms with Gasteiger partial charge in [-0.2, -0.15) is 5.10 Å². The number of amides is 1. The summed E-state index contributed by atoms with van der Waals surface area (Å²) >= 11 is 6.49. The number of halogens is 2. The number of hydrogen-bond acceptors (Lipinski definition) is 5. The molecule has 0 aliphatic carbocycles. The lowest BCUT2D eigenvalue weighted by atomic mass is 9.85. The van der Waals surface area contributed by atoms with Crippen LogP contribution in [0.2, 0.25) is 0 Å². The third-order valence-electron chi connectivity index (χ3n) is 4.28. The first-order valence-corrected chi connectivity index (χ1v) is 9.57. The third kappa shape index (κ3) is 4.37. The zero-order chi connectivity index (χ0) is 19.5. The van der Waals surface area contributed by atoms with Crippen molar-refractivity contribution >= 4 is 49.9 Å². The molecule has 2 heterocycles. The van der Waals surface area contributed by atoms with Gasteiger partial charge in [-0.05, 0) is 44.7 Å². The second-order valence-electron chi connectivity index (χ2n) is 6.19. The maximum absolute atomic E-state index is 12.3. The van der Waals surface area contributed by atoms with Gasteiger partial charge in [-0.25, -0.2) is 9.59 Å². The second-order valence-corrected chi connectivity index (χ2v) is 7.81. The number of ether oxygens (including phenoxy) is 1. The number of unbranched alkanes of at least 4 members (excludes halogenated alkanes) is 1. The van der Waals surface area contributed by atoms with E-state index < -0.39 is 29.5 Å². The standard InChI is InChI=1S/C15H19Br2N3O6/c1-2-3-4-26-14(25)19-7-15(13(23)24,6-9(19)12(21)22)8-20-11(17)5-10(16)18-20/h5,9H,2-4,6-8H2,1H3,(H,21,22)(H,23,24)/t9-,15?/m0/s1. The topological polar surface area (TPSA) is 122 Å². The Kier molecular flexibility index (Phi) is 6.67. The molecule has 1 aliphatic heterocycles. The minimum absolute atomic E-state index is 0.0863. The molecule has 1 aromatic heterocycles. The van der Waals surface area contributed by atoms with Crippen molar-refractivity contribution in [3.05, 3.63) is 15.3 Å². The molecule has 26 heavy (non-hydrogen) atoms. The molecule has 2 rings (SSSR count). The molecule has 11 heteroatoms. The molecule has 1 aliphatic rings. The molecule has 0 saturated carbocycles. The Morgan fingerprint density at radius 2 is 2.08 bits per heavy atom. The molecule has 9 nitrogen and oxygen atoms in total. The van der Waals surface area contributed by atoms with Crippen molar-refractivity contribution in [2.45, 2.75) is 38.8 Å². The Bertz CT molecular complexity index is 710. The van der Waals surface area contributed by atoms with Gasteiger partial charge in [0.1, 0.15) is 20.7 Å². The zero-order valence-corrected chi connectivity index (χ0v) is 17.2. The van der Waals surface area contributed by atoms with E-state index in [1.165, 1.54) is 4.68 Å². The molecule has 1 amide bonds. The van der Waals surface area contributed by atoms with E-state index in [9.17, 15) is 24.6 Å². The lowest BCUT2D eigenvalue weighted by molar-refractivity contribution is -0.149. The molecule has 0 radical (unpaired) electrons. The van der Waals surface area contributed by atoms with Crippen LogP contribution in [-0.2, 0) is 20.9 Å². The van der Waals surface area contributed by atoms with Crippen molar-refractivity contribution in [3.8, 4) is 0 Å². The summed E-state index contributed by atoms with van der Waals surface area (Å²) in [6, 6.07) is 0.383. The molecule has 144 valence electrons. The van der Waals surface area contributed by atoms with Crippen LogP contribution in [0.1, 0.15) is 26.2 Å². The molecule has 1 unspecified atom stereocenters. The largest absolute Gasteiger partial charge is 0.481 e. The van der Waals surface area contributed by atoms with Crippen LogP contribution in [0.25, 0.3) is 0 Å². The van der Waals surface area contributed by atoms with Gasteiger partial charge in [0.05, 0.1) is 13.2 Å². The number of carbonyl (C=O) groups is 3. The molecular formula is C15H19Br2N3O6. The summed E-state index contributed by atoms with van der Waals surface area (Å²) in [6.45, 7) is 1.74. The number of carbonyl (C=O) groups excluding carboxylic acids is 1. The number of likely N-dealkylation sites (tertiary alicyclic amines) is 1. The van der Waals surface area contributed by atoms with Gasteiger partial charge in [-0.3, -0.25) is 14.4 Å². The van der Waals surface area contributed by atoms with Crippen LogP contribution in [0.5, 0.6) is 0 Å². The molecule has 0 spiro atoms. The SMILES string of the molecule is CCCCOC(=O)N1CC(Cn2nc(Br)cc2Br)(C(=O)O)C[C@H]1C(=O)O. The molecule has 0 bridgehead atoms. The van der Waals surface area contributed by atoms with Gasteiger partial charge in [0.15, 0.2) is 0 Å². The van der Waals surface area contributed by atoms with E-state index in [2.05, 4.69) is 37.0 Å². The number of aliphatic carboxylic acids is 2. The van der Waals surface area contributed by atoms with E-state index in [4.69, 9.17) is 4.74 Å². The highest BCUT2D eigenvalue weighted by molar-refractivity contribution is 9.11. The summed E-state index contributed by atoms with van der Waals surface area (Å²) in [5, 5.41) is 23.4. The minimum Gasteiger partial charge on any atom is -0.481 e. The first-order valence-electron chi connectivity index (χ1n) is 7.98. The number of nitrogens with zero attached hydrogens (tertiary/aromatic N) is 3. The third-order valence-corrected chi connectivity index (χ3v) is 5.31. The normalized spacial score (nSPS) is 22.4. The van der Waals surface area contributed by atoms with E-state index >= 15 is 0 Å². The first kappa shape index (κ1) is 20.7. The van der Waals surface area contributed by atoms with Crippen molar-refractivity contribution in [2.24, 2.45) is 5.41 Å². The van der Waals surface area contributed by atoms with Gasteiger partial charge in [0.25, 0.3) is 0 Å². The molecule has 2 atom stereocenters. The first-order chi connectivity index (χ1) is 12.2. The average molecular weight is 497 g/mol. The van der Waals surface area contributed by atoms with E-state index in [1.807, 2.05) is 6.92 Å². The summed E-state index contributed by atoms with van der Waals surface area (Å²) in [4.78, 5) is 36.9. The van der Waals surface area contributed by atoms with E-state index in [0.717, 1.165) is 11.3 Å². The summed E-state index contributed by atoms with van der Waals surface area (Å²) < 4.78 is 7.56. The second kappa shape index (κ2) is 8.38. The zero-order valence-electron chi connectivity index (χ0n) is 14.0. The fraction of sp³-hybridized carbons (Fsp3) is 0.600. The number of hydrogen-bond donors (Lipinski definition) is 2. The van der Waals surface area contributed by atoms with Gasteiger partial charge >= 0.3 is 18.0 Å². The van der Waals surface area contributed by atoms with Gasteiger partial charge in [-0.1, -0.05) is 13.3 Å². The van der Waals surface area contributed by atoms with Crippen LogP contribution in [0.15, 0.2) is 15.3 Å². The monoisotopic (exact) mass is 495 g/mol. The Hall–Kier alpha value is -1.62. The van der Waals surface area contributed by atoms with Crippen molar-refractivity contribution in [1.82, 2.24) is 14.7 Å². The lowest BCUT2D eigenvalue weighted by Gasteiger charge is -2.24. The minimum atomic E-state index is -1.49. The van der Waals surface area contributed by atoms with Crippen molar-refractivity contribution in [2.75, 3.05) is 13.2 Å². The molecular weight excluding hydrogens is 478 g/mol. The van der Waals surface area contributed by atoms with Crippen LogP contribution >= 0.6 is 31.9 Å². The Labute approximate surface area is 166 Å². The molecule has 1 aromatic rings. The number of rotatable bonds is 7. The Morgan fingerprint density at radius 3 is 2.58 bits per heavy atom. The Balaban J connectivity index is 2.27. The van der Waals surface area contributed by atoms with E-state index in [-0.39, 0.29) is 26.1 Å². The summed E-state index contributed by atoms with van der Waals surface area (Å²) in [7, 11) is 0. The van der Waals surface area contributed by atoms with Gasteiger partial charge in [0, 0.05) is 12.6 Å². The van der Waals surface area contributed by atoms with Crippen LogP contribution in [0.4, 0.5) is 4.79 Å². The maximum atomic E-state index is 12.3. The van der Waals surface area contributed by atoms with E-state index in [0.29, 0.717) is 15.6 Å². The molecule has 0 aromatic carbocycles. The maximum Gasteiger partial charge on any atom is 0.410 e. The van der Waals surface area contributed by atoms with Crippen LogP contribution in [0, 0.1) is 5.41 Å². The number of carboxylic acids is 2. The van der Waals surface area contributed by atoms with E-state index in [1.54, 1.807) is 6.07 Å². The lowest BCUT2D eigenvalue weighted by Crippen LogP contribution is -2.42. The van der Waals surface area contributed by atoms with Crippen molar-refractivity contribution in [3.63, 3.8) is 0 Å². The average Bonchev–Trinajstić information content (AvgIpc) is 3.09. The smallest absolute Gasteiger partial charge is 0.410 e. The molecule has 1 saturated heterocycles. The van der Waals surface area contributed by atoms with Gasteiger partial charge in [0.2, 0.25) is 0 Å². The van der Waals surface area contributed by atoms with Crippen LogP contribution < -0.4 is 0 Å². The van der Waals surface area contributed by atoms with Gasteiger partial charge in [-0.15, -0.1) is 0 Å². The fourth-order valence-electron chi connectivity index (χ4n) is 2.88. The molecule has 2 N–H and O–H groups in total.